The topological polar surface area (TPSA) is 103 Å². The van der Waals surface area contributed by atoms with E-state index < -0.39 is 27.1 Å². The molecule has 1 aliphatic rings. The maximum Gasteiger partial charge on any atom is 0.346 e. The second kappa shape index (κ2) is 5.34. The Morgan fingerprint density at radius 3 is 2.57 bits per heavy atom. The summed E-state index contributed by atoms with van der Waals surface area (Å²) in [4.78, 5) is 23.7. The van der Waals surface area contributed by atoms with E-state index in [-0.39, 0.29) is 4.90 Å². The maximum atomic E-state index is 12.5. The molecule has 3 rings (SSSR count). The number of benzene rings is 1. The summed E-state index contributed by atoms with van der Waals surface area (Å²) in [6.07, 6.45) is 2.81. The van der Waals surface area contributed by atoms with E-state index in [1.165, 1.54) is 20.2 Å². The number of hydrogen-bond acceptors (Lipinski definition) is 5. The van der Waals surface area contributed by atoms with Crippen LogP contribution < -0.4 is 16.0 Å². The molecule has 0 amide bonds. The first kappa shape index (κ1) is 15.5. The van der Waals surface area contributed by atoms with Gasteiger partial charge in [-0.2, -0.15) is 0 Å². The van der Waals surface area contributed by atoms with Gasteiger partial charge in [0.05, 0.1) is 4.90 Å². The van der Waals surface area contributed by atoms with Crippen molar-refractivity contribution in [3.05, 3.63) is 50.2 Å². The fraction of sp³-hybridized carbons (Fsp3) is 0.357. The van der Waals surface area contributed by atoms with Crippen LogP contribution in [0.15, 0.2) is 32.7 Å². The van der Waals surface area contributed by atoms with Gasteiger partial charge in [0.2, 0.25) is 5.82 Å². The largest absolute Gasteiger partial charge is 0.346 e. The zero-order valence-corrected chi connectivity index (χ0v) is 13.6. The molecule has 0 unspecified atom stereocenters. The number of rotatable bonds is 3. The third-order valence-electron chi connectivity index (χ3n) is 3.93. The highest BCUT2D eigenvalue weighted by Crippen LogP contribution is 2.25. The quantitative estimate of drug-likeness (QED) is 0.834. The van der Waals surface area contributed by atoms with Crippen molar-refractivity contribution >= 4 is 15.8 Å². The minimum atomic E-state index is -3.94. The van der Waals surface area contributed by atoms with Crippen molar-refractivity contribution in [2.45, 2.75) is 24.2 Å². The van der Waals surface area contributed by atoms with Crippen LogP contribution in [0.25, 0.3) is 0 Å². The SMILES string of the molecule is Cn1nc(NS(=O)(=O)c2ccc3c(c2)CCC3)c(=O)n(C)c1=O. The molecule has 1 heterocycles. The molecule has 0 spiro atoms. The molecule has 0 fully saturated rings. The van der Waals surface area contributed by atoms with Crippen LogP contribution >= 0.6 is 0 Å². The number of nitrogens with zero attached hydrogens (tertiary/aromatic N) is 3. The highest BCUT2D eigenvalue weighted by molar-refractivity contribution is 7.92. The van der Waals surface area contributed by atoms with Crippen LogP contribution in [-0.2, 0) is 37.0 Å². The number of hydrogen-bond donors (Lipinski definition) is 1. The predicted octanol–water partition coefficient (Wildman–Crippen LogP) is -0.231. The maximum absolute atomic E-state index is 12.5. The van der Waals surface area contributed by atoms with E-state index >= 15 is 0 Å². The smallest absolute Gasteiger partial charge is 0.265 e. The molecule has 2 aromatic rings. The lowest BCUT2D eigenvalue weighted by Gasteiger charge is -2.10. The van der Waals surface area contributed by atoms with E-state index in [0.29, 0.717) is 0 Å². The van der Waals surface area contributed by atoms with Gasteiger partial charge in [-0.05, 0) is 42.5 Å². The van der Waals surface area contributed by atoms with E-state index in [1.54, 1.807) is 12.1 Å². The van der Waals surface area contributed by atoms with Crippen LogP contribution in [0.3, 0.4) is 0 Å². The van der Waals surface area contributed by atoms with E-state index in [1.807, 2.05) is 0 Å². The highest BCUT2D eigenvalue weighted by Gasteiger charge is 2.21. The summed E-state index contributed by atoms with van der Waals surface area (Å²) in [7, 11) is -1.34. The number of nitrogens with one attached hydrogen (secondary N) is 1. The first-order valence-electron chi connectivity index (χ1n) is 7.08. The molecule has 1 aromatic carbocycles. The van der Waals surface area contributed by atoms with Crippen molar-refractivity contribution in [1.29, 1.82) is 0 Å². The summed E-state index contributed by atoms with van der Waals surface area (Å²) >= 11 is 0. The molecule has 0 radical (unpaired) electrons. The predicted molar refractivity (Wildman–Crippen MR) is 84.0 cm³/mol. The van der Waals surface area contributed by atoms with Crippen molar-refractivity contribution in [1.82, 2.24) is 14.3 Å². The molecule has 0 saturated heterocycles. The number of aromatic nitrogens is 3. The first-order chi connectivity index (χ1) is 10.8. The van der Waals surface area contributed by atoms with Crippen molar-refractivity contribution in [2.24, 2.45) is 14.1 Å². The number of fused-ring (bicyclic) bond motifs is 1. The average molecular weight is 336 g/mol. The van der Waals surface area contributed by atoms with Gasteiger partial charge in [0.1, 0.15) is 0 Å². The lowest BCUT2D eigenvalue weighted by Crippen LogP contribution is -2.40. The van der Waals surface area contributed by atoms with Crippen molar-refractivity contribution < 1.29 is 8.42 Å². The summed E-state index contributed by atoms with van der Waals surface area (Å²) in [5, 5.41) is 3.70. The summed E-state index contributed by atoms with van der Waals surface area (Å²) in [5.74, 6) is -0.407. The Morgan fingerprint density at radius 1 is 1.13 bits per heavy atom. The van der Waals surface area contributed by atoms with Gasteiger partial charge in [-0.1, -0.05) is 6.07 Å². The van der Waals surface area contributed by atoms with Crippen LogP contribution in [0.2, 0.25) is 0 Å². The molecule has 23 heavy (non-hydrogen) atoms. The Balaban J connectivity index is 2.03. The molecule has 0 atom stereocenters. The molecule has 1 aromatic heterocycles. The second-order valence-electron chi connectivity index (χ2n) is 5.51. The van der Waals surface area contributed by atoms with E-state index in [0.717, 1.165) is 39.6 Å². The average Bonchev–Trinajstić information content (AvgIpc) is 2.98. The molecule has 1 aliphatic carbocycles. The van der Waals surface area contributed by atoms with Crippen molar-refractivity contribution in [3.8, 4) is 0 Å². The van der Waals surface area contributed by atoms with Crippen LogP contribution in [0.4, 0.5) is 5.82 Å². The molecular weight excluding hydrogens is 320 g/mol. The second-order valence-corrected chi connectivity index (χ2v) is 7.19. The molecule has 8 nitrogen and oxygen atoms in total. The van der Waals surface area contributed by atoms with Gasteiger partial charge in [-0.25, -0.2) is 17.9 Å². The zero-order chi connectivity index (χ0) is 16.8. The number of anilines is 1. The van der Waals surface area contributed by atoms with Crippen LogP contribution in [0.5, 0.6) is 0 Å². The van der Waals surface area contributed by atoms with Gasteiger partial charge in [-0.15, -0.1) is 5.10 Å². The van der Waals surface area contributed by atoms with Crippen molar-refractivity contribution in [2.75, 3.05) is 4.72 Å². The molecular formula is C14H16N4O4S. The number of sulfonamides is 1. The Bertz CT molecular complexity index is 1000. The third-order valence-corrected chi connectivity index (χ3v) is 5.27. The first-order valence-corrected chi connectivity index (χ1v) is 8.57. The molecule has 0 aliphatic heterocycles. The lowest BCUT2D eigenvalue weighted by atomic mass is 10.1. The van der Waals surface area contributed by atoms with Gasteiger partial charge in [-0.3, -0.25) is 14.1 Å². The Morgan fingerprint density at radius 2 is 1.83 bits per heavy atom. The van der Waals surface area contributed by atoms with E-state index in [2.05, 4.69) is 9.82 Å². The summed E-state index contributed by atoms with van der Waals surface area (Å²) in [5.41, 5.74) is 0.739. The summed E-state index contributed by atoms with van der Waals surface area (Å²) in [6.45, 7) is 0. The highest BCUT2D eigenvalue weighted by atomic mass is 32.2. The molecule has 9 heteroatoms. The van der Waals surface area contributed by atoms with Gasteiger partial charge < -0.3 is 0 Å². The van der Waals surface area contributed by atoms with Crippen molar-refractivity contribution in [3.63, 3.8) is 0 Å². The summed E-state index contributed by atoms with van der Waals surface area (Å²) in [6, 6.07) is 4.93. The molecule has 122 valence electrons. The number of aryl methyl sites for hydroxylation is 3. The molecule has 0 bridgehead atoms. The van der Waals surface area contributed by atoms with Gasteiger partial charge in [0.15, 0.2) is 0 Å². The minimum absolute atomic E-state index is 0.0795. The fourth-order valence-electron chi connectivity index (χ4n) is 2.66. The van der Waals surface area contributed by atoms with E-state index in [9.17, 15) is 18.0 Å². The van der Waals surface area contributed by atoms with Crippen LogP contribution in [0, 0.1) is 0 Å². The Hall–Kier alpha value is -2.42. The van der Waals surface area contributed by atoms with Gasteiger partial charge in [0.25, 0.3) is 15.6 Å². The van der Waals surface area contributed by atoms with Crippen LogP contribution in [-0.4, -0.2) is 22.8 Å². The third kappa shape index (κ3) is 2.67. The monoisotopic (exact) mass is 336 g/mol. The normalized spacial score (nSPS) is 13.8. The Kier molecular flexibility index (Phi) is 3.59. The molecule has 0 saturated carbocycles. The van der Waals surface area contributed by atoms with E-state index in [4.69, 9.17) is 0 Å². The minimum Gasteiger partial charge on any atom is -0.265 e. The Labute approximate surface area is 132 Å². The van der Waals surface area contributed by atoms with Gasteiger partial charge >= 0.3 is 5.69 Å². The zero-order valence-electron chi connectivity index (χ0n) is 12.7. The fourth-order valence-corrected chi connectivity index (χ4v) is 3.71. The van der Waals surface area contributed by atoms with Crippen LogP contribution in [0.1, 0.15) is 17.5 Å². The summed E-state index contributed by atoms with van der Waals surface area (Å²) < 4.78 is 28.8. The van der Waals surface area contributed by atoms with Gasteiger partial charge in [0, 0.05) is 14.1 Å². The standard InChI is InChI=1S/C14H16N4O4S/c1-17-13(19)12(15-18(2)14(17)20)16-23(21,22)11-7-6-9-4-3-5-10(9)8-11/h6-8H,3-5H2,1-2H3,(H,15,16). The molecule has 1 N–H and O–H groups in total. The lowest BCUT2D eigenvalue weighted by molar-refractivity contribution is 0.593.